The van der Waals surface area contributed by atoms with E-state index >= 15 is 0 Å². The van der Waals surface area contributed by atoms with Crippen molar-refractivity contribution in [3.05, 3.63) is 76.7 Å². The molecule has 37 heavy (non-hydrogen) atoms. The number of aryl methyl sites for hydroxylation is 1. The number of hydrogen-bond acceptors (Lipinski definition) is 7. The smallest absolute Gasteiger partial charge is 0.441 e. The number of benzene rings is 2. The summed E-state index contributed by atoms with van der Waals surface area (Å²) in [4.78, 5) is 39.2. The second-order valence-electron chi connectivity index (χ2n) is 7.73. The van der Waals surface area contributed by atoms with Crippen LogP contribution in [0.4, 0.5) is 18.2 Å². The van der Waals surface area contributed by atoms with E-state index in [0.29, 0.717) is 22.4 Å². The second kappa shape index (κ2) is 11.5. The molecule has 7 nitrogen and oxygen atoms in total. The molecule has 0 aliphatic rings. The maximum Gasteiger partial charge on any atom is 0.441 e. The molecule has 0 aliphatic heterocycles. The fourth-order valence-electron chi connectivity index (χ4n) is 3.67. The van der Waals surface area contributed by atoms with Gasteiger partial charge >= 0.3 is 23.8 Å². The Bertz CT molecular complexity index is 1260. The van der Waals surface area contributed by atoms with E-state index < -0.39 is 29.7 Å². The number of rotatable bonds is 9. The zero-order valence-electron chi connectivity index (χ0n) is 20.3. The van der Waals surface area contributed by atoms with Gasteiger partial charge in [0.25, 0.3) is 5.91 Å². The molecule has 0 unspecified atom stereocenters. The van der Waals surface area contributed by atoms with Crippen LogP contribution < -0.4 is 10.6 Å². The van der Waals surface area contributed by atoms with Crippen LogP contribution in [0.3, 0.4) is 0 Å². The summed E-state index contributed by atoms with van der Waals surface area (Å²) in [5, 5.41) is 3.62. The highest BCUT2D eigenvalue weighted by Gasteiger charge is 2.64. The van der Waals surface area contributed by atoms with E-state index in [1.807, 2.05) is 0 Å². The zero-order chi connectivity index (χ0) is 27.2. The van der Waals surface area contributed by atoms with Gasteiger partial charge in [0.2, 0.25) is 0 Å². The number of hydrogen-bond donors (Lipinski definition) is 2. The molecule has 0 bridgehead atoms. The number of nitrogens with one attached hydrogen (secondary N) is 2. The molecule has 0 radical (unpaired) electrons. The molecule has 1 heterocycles. The van der Waals surface area contributed by atoms with Crippen molar-refractivity contribution in [1.82, 2.24) is 5.32 Å². The lowest BCUT2D eigenvalue weighted by molar-refractivity contribution is -0.203. The second-order valence-corrected chi connectivity index (χ2v) is 8.83. The third kappa shape index (κ3) is 5.61. The molecule has 196 valence electrons. The first-order valence-electron chi connectivity index (χ1n) is 11.3. The Morgan fingerprint density at radius 3 is 2.05 bits per heavy atom. The van der Waals surface area contributed by atoms with Crippen LogP contribution in [0.1, 0.15) is 39.4 Å². The summed E-state index contributed by atoms with van der Waals surface area (Å²) in [5.74, 6) is -3.87. The Morgan fingerprint density at radius 2 is 1.54 bits per heavy atom. The van der Waals surface area contributed by atoms with Gasteiger partial charge in [-0.25, -0.2) is 9.59 Å². The number of carbonyl (C=O) groups is 3. The normalized spacial score (nSPS) is 12.8. The van der Waals surface area contributed by atoms with Gasteiger partial charge in [0.15, 0.2) is 0 Å². The molecule has 1 amide bonds. The molecule has 0 fully saturated rings. The molecule has 11 heteroatoms. The van der Waals surface area contributed by atoms with Crippen LogP contribution in [-0.2, 0) is 20.7 Å². The van der Waals surface area contributed by atoms with E-state index in [4.69, 9.17) is 4.74 Å². The number of thiophene rings is 1. The third-order valence-electron chi connectivity index (χ3n) is 5.40. The van der Waals surface area contributed by atoms with Gasteiger partial charge in [-0.15, -0.1) is 11.3 Å². The highest BCUT2D eigenvalue weighted by molar-refractivity contribution is 7.17. The highest BCUT2D eigenvalue weighted by atomic mass is 32.1. The van der Waals surface area contributed by atoms with Gasteiger partial charge in [0.05, 0.1) is 13.7 Å². The summed E-state index contributed by atoms with van der Waals surface area (Å²) in [7, 11) is 0.771. The van der Waals surface area contributed by atoms with Gasteiger partial charge in [0.1, 0.15) is 10.6 Å². The fourth-order valence-corrected chi connectivity index (χ4v) is 4.87. The predicted octanol–water partition coefficient (Wildman–Crippen LogP) is 5.43. The van der Waals surface area contributed by atoms with Crippen molar-refractivity contribution >= 4 is 34.2 Å². The molecule has 0 saturated heterocycles. The Balaban J connectivity index is 2.24. The lowest BCUT2D eigenvalue weighted by atomic mass is 9.99. The summed E-state index contributed by atoms with van der Waals surface area (Å²) in [6.45, 7) is 3.32. The van der Waals surface area contributed by atoms with Crippen molar-refractivity contribution in [3.63, 3.8) is 0 Å². The summed E-state index contributed by atoms with van der Waals surface area (Å²) < 4.78 is 53.7. The first-order valence-corrected chi connectivity index (χ1v) is 12.1. The van der Waals surface area contributed by atoms with E-state index in [-0.39, 0.29) is 22.7 Å². The summed E-state index contributed by atoms with van der Waals surface area (Å²) in [6.07, 6.45) is -5.00. The minimum Gasteiger partial charge on any atom is -0.466 e. The van der Waals surface area contributed by atoms with Crippen molar-refractivity contribution in [2.75, 3.05) is 19.0 Å². The number of alkyl halides is 3. The summed E-state index contributed by atoms with van der Waals surface area (Å²) >= 11 is 0.858. The number of carbonyl (C=O) groups excluding carboxylic acids is 3. The van der Waals surface area contributed by atoms with Crippen LogP contribution in [0.2, 0.25) is 0 Å². The Hall–Kier alpha value is -3.86. The van der Waals surface area contributed by atoms with E-state index in [1.165, 1.54) is 24.3 Å². The van der Waals surface area contributed by atoms with Crippen LogP contribution >= 0.6 is 11.3 Å². The molecule has 0 spiro atoms. The molecule has 0 aliphatic carbocycles. The molecule has 1 atom stereocenters. The van der Waals surface area contributed by atoms with E-state index in [9.17, 15) is 27.6 Å². The van der Waals surface area contributed by atoms with Crippen LogP contribution in [0.15, 0.2) is 60.7 Å². The van der Waals surface area contributed by atoms with Crippen molar-refractivity contribution in [1.29, 1.82) is 0 Å². The molecule has 2 aromatic carbocycles. The van der Waals surface area contributed by atoms with Crippen molar-refractivity contribution in [2.45, 2.75) is 32.1 Å². The highest BCUT2D eigenvalue weighted by Crippen LogP contribution is 2.44. The number of halogens is 3. The number of esters is 2. The number of anilines is 1. The third-order valence-corrected chi connectivity index (χ3v) is 6.65. The minimum atomic E-state index is -5.38. The Kier molecular flexibility index (Phi) is 8.59. The number of methoxy groups -OCH3 is 1. The molecule has 3 rings (SSSR count). The van der Waals surface area contributed by atoms with Gasteiger partial charge in [0, 0.05) is 16.0 Å². The predicted molar refractivity (Wildman–Crippen MR) is 133 cm³/mol. The number of amides is 1. The fraction of sp³-hybridized carbons (Fsp3) is 0.269. The molecule has 3 aromatic rings. The van der Waals surface area contributed by atoms with Crippen molar-refractivity contribution in [3.8, 4) is 11.1 Å². The average Bonchev–Trinajstić information content (AvgIpc) is 3.26. The van der Waals surface area contributed by atoms with Gasteiger partial charge in [-0.1, -0.05) is 55.5 Å². The van der Waals surface area contributed by atoms with Gasteiger partial charge in [-0.3, -0.25) is 4.79 Å². The molecule has 2 N–H and O–H groups in total. The molecular formula is C26H25F3N2O5S. The van der Waals surface area contributed by atoms with E-state index in [2.05, 4.69) is 10.1 Å². The van der Waals surface area contributed by atoms with Crippen molar-refractivity contribution in [2.24, 2.45) is 0 Å². The van der Waals surface area contributed by atoms with Crippen LogP contribution in [0.5, 0.6) is 0 Å². The first kappa shape index (κ1) is 27.7. The van der Waals surface area contributed by atoms with Gasteiger partial charge in [-0.05, 0) is 31.0 Å². The van der Waals surface area contributed by atoms with E-state index in [1.54, 1.807) is 55.6 Å². The standard InChI is InChI=1S/C26H25F3N2O5S/c1-4-18-19(16-12-8-6-9-13-16)20(23(33)36-5-2)22(37-18)31-25(24(34)35-3,26(27,28)29)30-21(32)17-14-10-7-11-15-17/h6-15,31H,4-5H2,1-3H3,(H,30,32)/t25-/m0/s1. The largest absolute Gasteiger partial charge is 0.466 e. The maximum absolute atomic E-state index is 14.7. The Morgan fingerprint density at radius 1 is 0.946 bits per heavy atom. The topological polar surface area (TPSA) is 93.7 Å². The quantitative estimate of drug-likeness (QED) is 0.281. The number of ether oxygens (including phenoxy) is 2. The summed E-state index contributed by atoms with van der Waals surface area (Å²) in [6, 6.07) is 15.7. The maximum atomic E-state index is 14.7. The van der Waals surface area contributed by atoms with Gasteiger partial charge < -0.3 is 20.1 Å². The summed E-state index contributed by atoms with van der Waals surface area (Å²) in [5.41, 5.74) is -3.04. The van der Waals surface area contributed by atoms with Crippen LogP contribution in [0, 0.1) is 0 Å². The molecule has 0 saturated carbocycles. The van der Waals surface area contributed by atoms with Crippen LogP contribution in [-0.4, -0.2) is 43.4 Å². The monoisotopic (exact) mass is 534 g/mol. The van der Waals surface area contributed by atoms with E-state index in [0.717, 1.165) is 18.4 Å². The van der Waals surface area contributed by atoms with Crippen molar-refractivity contribution < 1.29 is 37.0 Å². The minimum absolute atomic E-state index is 0.0318. The Labute approximate surface area is 215 Å². The molecular weight excluding hydrogens is 509 g/mol. The average molecular weight is 535 g/mol. The lowest BCUT2D eigenvalue weighted by Gasteiger charge is -2.34. The van der Waals surface area contributed by atoms with Crippen LogP contribution in [0.25, 0.3) is 11.1 Å². The SMILES string of the molecule is CCOC(=O)c1c(N[C@@](NC(=O)c2ccccc2)(C(=O)OC)C(F)(F)F)sc(CC)c1-c1ccccc1. The molecule has 1 aromatic heterocycles. The lowest BCUT2D eigenvalue weighted by Crippen LogP contribution is -2.69. The van der Waals surface area contributed by atoms with Gasteiger partial charge in [-0.2, -0.15) is 13.2 Å². The first-order chi connectivity index (χ1) is 17.6. The zero-order valence-corrected chi connectivity index (χ0v) is 21.1.